The summed E-state index contributed by atoms with van der Waals surface area (Å²) in [5.41, 5.74) is 0.250. The van der Waals surface area contributed by atoms with E-state index in [1.807, 2.05) is 16.8 Å². The lowest BCUT2D eigenvalue weighted by atomic mass is 10.1. The number of nitriles is 1. The number of hydrogen-bond acceptors (Lipinski definition) is 3. The number of alkyl halides is 3. The number of thiophene rings is 1. The highest BCUT2D eigenvalue weighted by atomic mass is 32.1. The highest BCUT2D eigenvalue weighted by Gasteiger charge is 2.33. The molecule has 0 fully saturated rings. The van der Waals surface area contributed by atoms with Crippen molar-refractivity contribution in [1.29, 1.82) is 5.26 Å². The van der Waals surface area contributed by atoms with Gasteiger partial charge in [-0.3, -0.25) is 0 Å². The first-order valence-electron chi connectivity index (χ1n) is 5.87. The minimum absolute atomic E-state index is 0.360. The molecule has 6 heteroatoms. The summed E-state index contributed by atoms with van der Waals surface area (Å²) in [6.07, 6.45) is -3.78. The SMILES string of the molecule is N#Cc1ccc(NCCc2ccsc2)cc1C(F)(F)F. The Bertz CT molecular complexity index is 612. The summed E-state index contributed by atoms with van der Waals surface area (Å²) in [4.78, 5) is 0. The Balaban J connectivity index is 2.07. The van der Waals surface area contributed by atoms with Crippen LogP contribution in [0.4, 0.5) is 18.9 Å². The van der Waals surface area contributed by atoms with E-state index in [4.69, 9.17) is 5.26 Å². The summed E-state index contributed by atoms with van der Waals surface area (Å²) in [5, 5.41) is 15.6. The van der Waals surface area contributed by atoms with Crippen LogP contribution < -0.4 is 5.32 Å². The van der Waals surface area contributed by atoms with Gasteiger partial charge in [0.2, 0.25) is 0 Å². The van der Waals surface area contributed by atoms with Gasteiger partial charge in [-0.1, -0.05) is 0 Å². The molecule has 1 aromatic carbocycles. The van der Waals surface area contributed by atoms with Crippen molar-refractivity contribution in [3.63, 3.8) is 0 Å². The maximum Gasteiger partial charge on any atom is 0.417 e. The summed E-state index contributed by atoms with van der Waals surface area (Å²) >= 11 is 1.58. The standard InChI is InChI=1S/C14H11F3N2S/c15-14(16,17)13-7-12(2-1-11(13)8-18)19-5-3-10-4-6-20-9-10/h1-2,4,6-7,9,19H,3,5H2. The van der Waals surface area contributed by atoms with Crippen molar-refractivity contribution >= 4 is 17.0 Å². The Morgan fingerprint density at radius 2 is 2.05 bits per heavy atom. The molecule has 2 nitrogen and oxygen atoms in total. The molecule has 0 amide bonds. The van der Waals surface area contributed by atoms with Gasteiger partial charge in [0.05, 0.1) is 17.2 Å². The molecule has 0 atom stereocenters. The van der Waals surface area contributed by atoms with Crippen molar-refractivity contribution in [1.82, 2.24) is 0 Å². The van der Waals surface area contributed by atoms with Gasteiger partial charge in [0.1, 0.15) is 0 Å². The van der Waals surface area contributed by atoms with Crippen LogP contribution in [0.25, 0.3) is 0 Å². The van der Waals surface area contributed by atoms with Gasteiger partial charge in [0.15, 0.2) is 0 Å². The normalized spacial score (nSPS) is 11.1. The molecule has 0 unspecified atom stereocenters. The average molecular weight is 296 g/mol. The molecule has 0 aliphatic heterocycles. The van der Waals surface area contributed by atoms with Crippen LogP contribution in [0, 0.1) is 11.3 Å². The van der Waals surface area contributed by atoms with Crippen LogP contribution in [0.2, 0.25) is 0 Å². The van der Waals surface area contributed by atoms with E-state index in [-0.39, 0.29) is 5.56 Å². The van der Waals surface area contributed by atoms with Crippen molar-refractivity contribution in [3.05, 3.63) is 51.7 Å². The van der Waals surface area contributed by atoms with E-state index >= 15 is 0 Å². The molecule has 1 heterocycles. The zero-order valence-corrected chi connectivity index (χ0v) is 11.2. The maximum atomic E-state index is 12.8. The highest BCUT2D eigenvalue weighted by Crippen LogP contribution is 2.33. The van der Waals surface area contributed by atoms with Crippen molar-refractivity contribution in [2.24, 2.45) is 0 Å². The van der Waals surface area contributed by atoms with Gasteiger partial charge < -0.3 is 5.32 Å². The third-order valence-corrected chi connectivity index (χ3v) is 3.50. The molecule has 0 saturated carbocycles. The Kier molecular flexibility index (Phi) is 4.30. The van der Waals surface area contributed by atoms with E-state index in [1.165, 1.54) is 12.1 Å². The van der Waals surface area contributed by atoms with Gasteiger partial charge in [-0.05, 0) is 47.0 Å². The largest absolute Gasteiger partial charge is 0.417 e. The maximum absolute atomic E-state index is 12.8. The Hall–Kier alpha value is -2.00. The highest BCUT2D eigenvalue weighted by molar-refractivity contribution is 7.07. The first-order chi connectivity index (χ1) is 9.50. The smallest absolute Gasteiger partial charge is 0.385 e. The van der Waals surface area contributed by atoms with Gasteiger partial charge in [0.25, 0.3) is 0 Å². The van der Waals surface area contributed by atoms with E-state index in [0.29, 0.717) is 12.2 Å². The predicted molar refractivity (Wildman–Crippen MR) is 72.7 cm³/mol. The van der Waals surface area contributed by atoms with Crippen molar-refractivity contribution in [2.75, 3.05) is 11.9 Å². The van der Waals surface area contributed by atoms with Crippen LogP contribution in [0.1, 0.15) is 16.7 Å². The zero-order valence-electron chi connectivity index (χ0n) is 10.4. The molecular formula is C14H11F3N2S. The molecule has 2 rings (SSSR count). The topological polar surface area (TPSA) is 35.8 Å². The number of nitrogens with one attached hydrogen (secondary N) is 1. The summed E-state index contributed by atoms with van der Waals surface area (Å²) < 4.78 is 38.3. The molecule has 2 aromatic rings. The van der Waals surface area contributed by atoms with Gasteiger partial charge in [-0.15, -0.1) is 0 Å². The zero-order chi connectivity index (χ0) is 14.6. The Morgan fingerprint density at radius 1 is 1.25 bits per heavy atom. The van der Waals surface area contributed by atoms with E-state index in [1.54, 1.807) is 17.4 Å². The minimum Gasteiger partial charge on any atom is -0.385 e. The number of rotatable bonds is 4. The molecule has 20 heavy (non-hydrogen) atoms. The van der Waals surface area contributed by atoms with E-state index in [9.17, 15) is 13.2 Å². The van der Waals surface area contributed by atoms with Crippen molar-refractivity contribution in [3.8, 4) is 6.07 Å². The Morgan fingerprint density at radius 3 is 2.65 bits per heavy atom. The average Bonchev–Trinajstić information content (AvgIpc) is 2.91. The molecule has 104 valence electrons. The van der Waals surface area contributed by atoms with Crippen molar-refractivity contribution in [2.45, 2.75) is 12.6 Å². The first kappa shape index (κ1) is 14.4. The molecule has 0 bridgehead atoms. The van der Waals surface area contributed by atoms with Gasteiger partial charge in [-0.2, -0.15) is 29.8 Å². The van der Waals surface area contributed by atoms with E-state index in [0.717, 1.165) is 18.1 Å². The van der Waals surface area contributed by atoms with E-state index < -0.39 is 11.7 Å². The van der Waals surface area contributed by atoms with Crippen LogP contribution >= 0.6 is 11.3 Å². The van der Waals surface area contributed by atoms with Gasteiger partial charge >= 0.3 is 6.18 Å². The predicted octanol–water partition coefficient (Wildman–Crippen LogP) is 4.29. The fraction of sp³-hybridized carbons (Fsp3) is 0.214. The van der Waals surface area contributed by atoms with Crippen LogP contribution in [0.5, 0.6) is 0 Å². The molecule has 0 radical (unpaired) electrons. The van der Waals surface area contributed by atoms with Crippen LogP contribution in [0.3, 0.4) is 0 Å². The second kappa shape index (κ2) is 5.97. The van der Waals surface area contributed by atoms with Gasteiger partial charge in [0, 0.05) is 12.2 Å². The van der Waals surface area contributed by atoms with Crippen LogP contribution in [0.15, 0.2) is 35.0 Å². The molecule has 0 spiro atoms. The van der Waals surface area contributed by atoms with Gasteiger partial charge in [-0.25, -0.2) is 0 Å². The lowest BCUT2D eigenvalue weighted by Crippen LogP contribution is -2.10. The quantitative estimate of drug-likeness (QED) is 0.913. The molecule has 0 aliphatic carbocycles. The summed E-state index contributed by atoms with van der Waals surface area (Å²) in [5.74, 6) is 0. The molecule has 1 aromatic heterocycles. The fourth-order valence-corrected chi connectivity index (χ4v) is 2.48. The lowest BCUT2D eigenvalue weighted by molar-refractivity contribution is -0.137. The molecule has 0 saturated heterocycles. The summed E-state index contributed by atoms with van der Waals surface area (Å²) in [6.45, 7) is 0.542. The summed E-state index contributed by atoms with van der Waals surface area (Å²) in [7, 11) is 0. The summed E-state index contributed by atoms with van der Waals surface area (Å²) in [6, 6.07) is 7.20. The molecule has 1 N–H and O–H groups in total. The van der Waals surface area contributed by atoms with Crippen molar-refractivity contribution < 1.29 is 13.2 Å². The van der Waals surface area contributed by atoms with E-state index in [2.05, 4.69) is 5.32 Å². The third-order valence-electron chi connectivity index (χ3n) is 2.77. The third kappa shape index (κ3) is 3.52. The lowest BCUT2D eigenvalue weighted by Gasteiger charge is -2.12. The number of nitrogens with zero attached hydrogens (tertiary/aromatic N) is 1. The molecule has 0 aliphatic rings. The second-order valence-corrected chi connectivity index (χ2v) is 4.96. The number of hydrogen-bond donors (Lipinski definition) is 1. The first-order valence-corrected chi connectivity index (χ1v) is 6.81. The van der Waals surface area contributed by atoms with Crippen LogP contribution in [-0.4, -0.2) is 6.54 Å². The van der Waals surface area contributed by atoms with Crippen LogP contribution in [-0.2, 0) is 12.6 Å². The number of halogens is 3. The fourth-order valence-electron chi connectivity index (χ4n) is 1.77. The number of anilines is 1. The monoisotopic (exact) mass is 296 g/mol. The Labute approximate surface area is 118 Å². The number of benzene rings is 1. The molecular weight excluding hydrogens is 285 g/mol. The minimum atomic E-state index is -4.52. The second-order valence-electron chi connectivity index (χ2n) is 4.18.